The molecular weight excluding hydrogens is 210 g/mol. The van der Waals surface area contributed by atoms with Crippen molar-refractivity contribution in [3.63, 3.8) is 0 Å². The van der Waals surface area contributed by atoms with Crippen molar-refractivity contribution in [3.8, 4) is 0 Å². The fourth-order valence-electron chi connectivity index (χ4n) is 2.29. The number of aromatic nitrogens is 1. The van der Waals surface area contributed by atoms with Crippen LogP contribution in [0.2, 0.25) is 0 Å². The number of benzene rings is 1. The van der Waals surface area contributed by atoms with E-state index in [2.05, 4.69) is 18.8 Å². The summed E-state index contributed by atoms with van der Waals surface area (Å²) >= 11 is 0. The third-order valence-electron chi connectivity index (χ3n) is 3.60. The van der Waals surface area contributed by atoms with Gasteiger partial charge in [0.2, 0.25) is 0 Å². The van der Waals surface area contributed by atoms with Crippen LogP contribution in [0.15, 0.2) is 36.5 Å². The van der Waals surface area contributed by atoms with Crippen LogP contribution in [0.1, 0.15) is 32.8 Å². The van der Waals surface area contributed by atoms with Crippen LogP contribution in [0.5, 0.6) is 0 Å². The van der Waals surface area contributed by atoms with E-state index in [9.17, 15) is 5.11 Å². The lowest BCUT2D eigenvalue weighted by Gasteiger charge is -2.31. The second kappa shape index (κ2) is 4.46. The Labute approximate surface area is 102 Å². The summed E-state index contributed by atoms with van der Waals surface area (Å²) in [5.74, 6) is 0.196. The Bertz CT molecular complexity index is 521. The van der Waals surface area contributed by atoms with Gasteiger partial charge in [0, 0.05) is 11.6 Å². The number of aliphatic hydroxyl groups is 1. The van der Waals surface area contributed by atoms with Crippen molar-refractivity contribution in [2.75, 3.05) is 0 Å². The molecule has 1 aromatic heterocycles. The van der Waals surface area contributed by atoms with E-state index in [0.29, 0.717) is 0 Å². The monoisotopic (exact) mass is 229 g/mol. The van der Waals surface area contributed by atoms with Crippen LogP contribution < -0.4 is 0 Å². The molecule has 2 rings (SSSR count). The van der Waals surface area contributed by atoms with Crippen molar-refractivity contribution in [2.45, 2.75) is 32.8 Å². The molecule has 1 heterocycles. The van der Waals surface area contributed by atoms with Crippen LogP contribution in [0.4, 0.5) is 0 Å². The summed E-state index contributed by atoms with van der Waals surface area (Å²) in [6, 6.07) is 9.97. The molecule has 1 unspecified atom stereocenters. The topological polar surface area (TPSA) is 33.1 Å². The van der Waals surface area contributed by atoms with Crippen molar-refractivity contribution in [1.29, 1.82) is 0 Å². The van der Waals surface area contributed by atoms with Crippen molar-refractivity contribution < 1.29 is 5.11 Å². The Balaban J connectivity index is 2.55. The highest BCUT2D eigenvalue weighted by molar-refractivity contribution is 5.79. The maximum absolute atomic E-state index is 10.7. The molecule has 17 heavy (non-hydrogen) atoms. The molecule has 0 radical (unpaired) electrons. The Morgan fingerprint density at radius 2 is 2.06 bits per heavy atom. The molecule has 0 fully saturated rings. The maximum Gasteiger partial charge on any atom is 0.0916 e. The first-order valence-electron chi connectivity index (χ1n) is 6.15. The van der Waals surface area contributed by atoms with Gasteiger partial charge in [0.1, 0.15) is 0 Å². The summed E-state index contributed by atoms with van der Waals surface area (Å²) in [7, 11) is 0. The standard InChI is InChI=1S/C15H19NO/c1-4-15(17,11(2)3)13-7-8-14-12(10-13)6-5-9-16-14/h5-11,17H,4H2,1-3H3. The van der Waals surface area contributed by atoms with Gasteiger partial charge in [-0.05, 0) is 36.1 Å². The highest BCUT2D eigenvalue weighted by Gasteiger charge is 2.30. The van der Waals surface area contributed by atoms with E-state index in [4.69, 9.17) is 0 Å². The van der Waals surface area contributed by atoms with Crippen molar-refractivity contribution >= 4 is 10.9 Å². The fourth-order valence-corrected chi connectivity index (χ4v) is 2.29. The molecule has 0 saturated carbocycles. The first-order valence-corrected chi connectivity index (χ1v) is 6.15. The predicted octanol–water partition coefficient (Wildman–Crippen LogP) is 3.49. The molecule has 90 valence electrons. The molecule has 0 bridgehead atoms. The number of nitrogens with zero attached hydrogens (tertiary/aromatic N) is 1. The third-order valence-corrected chi connectivity index (χ3v) is 3.60. The number of fused-ring (bicyclic) bond motifs is 1. The van der Waals surface area contributed by atoms with Gasteiger partial charge in [-0.15, -0.1) is 0 Å². The lowest BCUT2D eigenvalue weighted by Crippen LogP contribution is -2.31. The van der Waals surface area contributed by atoms with E-state index in [0.717, 1.165) is 22.9 Å². The molecule has 0 spiro atoms. The minimum absolute atomic E-state index is 0.196. The van der Waals surface area contributed by atoms with E-state index >= 15 is 0 Å². The van der Waals surface area contributed by atoms with Gasteiger partial charge in [0.05, 0.1) is 11.1 Å². The molecule has 0 aliphatic rings. The average Bonchev–Trinajstić information content (AvgIpc) is 2.37. The Morgan fingerprint density at radius 1 is 1.29 bits per heavy atom. The second-order valence-electron chi connectivity index (χ2n) is 4.84. The molecule has 0 aliphatic carbocycles. The SMILES string of the molecule is CCC(O)(c1ccc2ncccc2c1)C(C)C. The summed E-state index contributed by atoms with van der Waals surface area (Å²) in [4.78, 5) is 4.29. The number of pyridine rings is 1. The maximum atomic E-state index is 10.7. The molecule has 0 aliphatic heterocycles. The molecule has 0 saturated heterocycles. The van der Waals surface area contributed by atoms with Crippen LogP contribution in [0.3, 0.4) is 0 Å². The summed E-state index contributed by atoms with van der Waals surface area (Å²) in [5.41, 5.74) is 1.21. The van der Waals surface area contributed by atoms with E-state index < -0.39 is 5.60 Å². The van der Waals surface area contributed by atoms with Gasteiger partial charge in [-0.1, -0.05) is 32.9 Å². The average molecular weight is 229 g/mol. The third kappa shape index (κ3) is 2.05. The number of rotatable bonds is 3. The minimum Gasteiger partial charge on any atom is -0.385 e. The molecule has 2 nitrogen and oxygen atoms in total. The second-order valence-corrected chi connectivity index (χ2v) is 4.84. The lowest BCUT2D eigenvalue weighted by molar-refractivity contribution is -0.0139. The van der Waals surface area contributed by atoms with Crippen LogP contribution in [0.25, 0.3) is 10.9 Å². The van der Waals surface area contributed by atoms with Gasteiger partial charge in [0.25, 0.3) is 0 Å². The highest BCUT2D eigenvalue weighted by atomic mass is 16.3. The first kappa shape index (κ1) is 12.1. The van der Waals surface area contributed by atoms with Gasteiger partial charge in [-0.2, -0.15) is 0 Å². The number of hydrogen-bond acceptors (Lipinski definition) is 2. The molecular formula is C15H19NO. The van der Waals surface area contributed by atoms with Crippen LogP contribution in [0, 0.1) is 5.92 Å². The summed E-state index contributed by atoms with van der Waals surface area (Å²) in [6.07, 6.45) is 2.51. The predicted molar refractivity (Wildman–Crippen MR) is 70.8 cm³/mol. The van der Waals surface area contributed by atoms with E-state index in [1.165, 1.54) is 0 Å². The van der Waals surface area contributed by atoms with Gasteiger partial charge in [-0.3, -0.25) is 4.98 Å². The zero-order chi connectivity index (χ0) is 12.5. The lowest BCUT2D eigenvalue weighted by atomic mass is 9.81. The van der Waals surface area contributed by atoms with Crippen molar-refractivity contribution in [3.05, 3.63) is 42.1 Å². The smallest absolute Gasteiger partial charge is 0.0916 e. The van der Waals surface area contributed by atoms with Crippen LogP contribution >= 0.6 is 0 Å². The van der Waals surface area contributed by atoms with Crippen LogP contribution in [-0.4, -0.2) is 10.1 Å². The molecule has 1 aromatic carbocycles. The summed E-state index contributed by atoms with van der Waals surface area (Å²) < 4.78 is 0. The molecule has 0 amide bonds. The van der Waals surface area contributed by atoms with Crippen LogP contribution in [-0.2, 0) is 5.60 Å². The van der Waals surface area contributed by atoms with Crippen molar-refractivity contribution in [2.24, 2.45) is 5.92 Å². The highest BCUT2D eigenvalue weighted by Crippen LogP contribution is 2.33. The van der Waals surface area contributed by atoms with E-state index in [-0.39, 0.29) is 5.92 Å². The largest absolute Gasteiger partial charge is 0.385 e. The van der Waals surface area contributed by atoms with E-state index in [1.807, 2.05) is 37.3 Å². The fraction of sp³-hybridized carbons (Fsp3) is 0.400. The van der Waals surface area contributed by atoms with Gasteiger partial charge in [-0.25, -0.2) is 0 Å². The summed E-state index contributed by atoms with van der Waals surface area (Å²) in [6.45, 7) is 6.13. The van der Waals surface area contributed by atoms with Gasteiger partial charge < -0.3 is 5.11 Å². The first-order chi connectivity index (χ1) is 8.08. The molecule has 1 N–H and O–H groups in total. The van der Waals surface area contributed by atoms with Gasteiger partial charge in [0.15, 0.2) is 0 Å². The van der Waals surface area contributed by atoms with Crippen molar-refractivity contribution in [1.82, 2.24) is 4.98 Å². The van der Waals surface area contributed by atoms with Gasteiger partial charge >= 0.3 is 0 Å². The molecule has 1 atom stereocenters. The Morgan fingerprint density at radius 3 is 2.71 bits per heavy atom. The number of hydrogen-bond donors (Lipinski definition) is 1. The molecule has 2 aromatic rings. The normalized spacial score (nSPS) is 15.1. The zero-order valence-corrected chi connectivity index (χ0v) is 10.6. The zero-order valence-electron chi connectivity index (χ0n) is 10.6. The Hall–Kier alpha value is -1.41. The Kier molecular flexibility index (Phi) is 3.16. The molecule has 2 heteroatoms. The summed E-state index contributed by atoms with van der Waals surface area (Å²) in [5, 5.41) is 11.8. The van der Waals surface area contributed by atoms with E-state index in [1.54, 1.807) is 6.20 Å². The quantitative estimate of drug-likeness (QED) is 0.874. The minimum atomic E-state index is -0.746.